The maximum atomic E-state index is 12.4. The van der Waals surface area contributed by atoms with Crippen molar-refractivity contribution < 1.29 is 13.2 Å². The fourth-order valence-corrected chi connectivity index (χ4v) is 3.51. The molecular formula is C18H22N2O3S. The molecule has 128 valence electrons. The molecule has 1 N–H and O–H groups in total. The lowest BCUT2D eigenvalue weighted by molar-refractivity contribution is -0.116. The zero-order valence-electron chi connectivity index (χ0n) is 14.1. The summed E-state index contributed by atoms with van der Waals surface area (Å²) in [7, 11) is -2.28. The van der Waals surface area contributed by atoms with Crippen LogP contribution >= 0.6 is 0 Å². The van der Waals surface area contributed by atoms with E-state index in [1.54, 1.807) is 18.2 Å². The highest BCUT2D eigenvalue weighted by atomic mass is 32.2. The largest absolute Gasteiger partial charge is 0.325 e. The van der Waals surface area contributed by atoms with E-state index in [0.29, 0.717) is 5.69 Å². The molecule has 0 bridgehead atoms. The van der Waals surface area contributed by atoms with Gasteiger partial charge in [0, 0.05) is 12.7 Å². The lowest BCUT2D eigenvalue weighted by atomic mass is 10.0. The van der Waals surface area contributed by atoms with Crippen molar-refractivity contribution in [3.8, 4) is 0 Å². The Morgan fingerprint density at radius 2 is 1.62 bits per heavy atom. The van der Waals surface area contributed by atoms with Crippen LogP contribution in [0.2, 0.25) is 0 Å². The standard InChI is InChI=1S/C18H22N2O3S/c1-14(2)16-11-7-8-12-17(16)19-18(21)13-20(3)24(22,23)15-9-5-4-6-10-15/h4-12,14H,13H2,1-3H3,(H,19,21). The summed E-state index contributed by atoms with van der Waals surface area (Å²) in [4.78, 5) is 12.4. The molecule has 24 heavy (non-hydrogen) atoms. The van der Waals surface area contributed by atoms with Crippen molar-refractivity contribution in [3.63, 3.8) is 0 Å². The van der Waals surface area contributed by atoms with Crippen molar-refractivity contribution >= 4 is 21.6 Å². The average Bonchev–Trinajstić information content (AvgIpc) is 2.55. The third-order valence-corrected chi connectivity index (χ3v) is 5.49. The maximum absolute atomic E-state index is 12.4. The van der Waals surface area contributed by atoms with E-state index in [2.05, 4.69) is 5.32 Å². The van der Waals surface area contributed by atoms with E-state index in [4.69, 9.17) is 0 Å². The summed E-state index contributed by atoms with van der Waals surface area (Å²) in [6.45, 7) is 3.83. The number of amides is 1. The molecule has 0 saturated carbocycles. The Bertz CT molecular complexity index is 802. The first-order valence-corrected chi connectivity index (χ1v) is 9.16. The first kappa shape index (κ1) is 18.2. The van der Waals surface area contributed by atoms with Gasteiger partial charge in [0.2, 0.25) is 15.9 Å². The van der Waals surface area contributed by atoms with Gasteiger partial charge in [-0.15, -0.1) is 0 Å². The molecule has 0 heterocycles. The lowest BCUT2D eigenvalue weighted by Gasteiger charge is -2.18. The molecule has 0 aromatic heterocycles. The van der Waals surface area contributed by atoms with Gasteiger partial charge in [0.1, 0.15) is 0 Å². The van der Waals surface area contributed by atoms with Crippen molar-refractivity contribution in [2.24, 2.45) is 0 Å². The second-order valence-corrected chi connectivity index (χ2v) is 7.91. The van der Waals surface area contributed by atoms with Crippen LogP contribution in [0.15, 0.2) is 59.5 Å². The molecule has 0 aliphatic rings. The SMILES string of the molecule is CC(C)c1ccccc1NC(=O)CN(C)S(=O)(=O)c1ccccc1. The molecule has 1 amide bonds. The molecular weight excluding hydrogens is 324 g/mol. The fraction of sp³-hybridized carbons (Fsp3) is 0.278. The third-order valence-electron chi connectivity index (χ3n) is 3.67. The number of nitrogens with zero attached hydrogens (tertiary/aromatic N) is 1. The number of hydrogen-bond donors (Lipinski definition) is 1. The Hall–Kier alpha value is -2.18. The van der Waals surface area contributed by atoms with E-state index in [1.807, 2.05) is 38.1 Å². The number of carbonyl (C=O) groups is 1. The Balaban J connectivity index is 2.10. The summed E-state index contributed by atoms with van der Waals surface area (Å²) in [5, 5.41) is 2.80. The minimum Gasteiger partial charge on any atom is -0.325 e. The Morgan fingerprint density at radius 1 is 1.04 bits per heavy atom. The van der Waals surface area contributed by atoms with Gasteiger partial charge in [-0.25, -0.2) is 8.42 Å². The summed E-state index contributed by atoms with van der Waals surface area (Å²) < 4.78 is 25.9. The van der Waals surface area contributed by atoms with Crippen molar-refractivity contribution in [2.45, 2.75) is 24.7 Å². The molecule has 6 heteroatoms. The predicted octanol–water partition coefficient (Wildman–Crippen LogP) is 3.07. The molecule has 0 spiro atoms. The van der Waals surface area contributed by atoms with Crippen LogP contribution in [-0.2, 0) is 14.8 Å². The Kier molecular flexibility index (Phi) is 5.75. The lowest BCUT2D eigenvalue weighted by Crippen LogP contribution is -2.35. The Labute approximate surface area is 143 Å². The van der Waals surface area contributed by atoms with Gasteiger partial charge in [-0.2, -0.15) is 4.31 Å². The molecule has 0 radical (unpaired) electrons. The molecule has 0 saturated heterocycles. The number of rotatable bonds is 6. The normalized spacial score (nSPS) is 11.7. The minimum absolute atomic E-state index is 0.169. The average molecular weight is 346 g/mol. The summed E-state index contributed by atoms with van der Waals surface area (Å²) in [5.41, 5.74) is 1.72. The number of sulfonamides is 1. The van der Waals surface area contributed by atoms with Crippen molar-refractivity contribution in [1.29, 1.82) is 0 Å². The number of anilines is 1. The van der Waals surface area contributed by atoms with Crippen molar-refractivity contribution in [2.75, 3.05) is 18.9 Å². The highest BCUT2D eigenvalue weighted by Crippen LogP contribution is 2.23. The van der Waals surface area contributed by atoms with Gasteiger partial charge in [-0.1, -0.05) is 50.2 Å². The number of likely N-dealkylation sites (N-methyl/N-ethyl adjacent to an activating group) is 1. The van der Waals surface area contributed by atoms with E-state index in [0.717, 1.165) is 9.87 Å². The third kappa shape index (κ3) is 4.21. The summed E-state index contributed by atoms with van der Waals surface area (Å²) in [6, 6.07) is 15.6. The van der Waals surface area contributed by atoms with Crippen molar-refractivity contribution in [3.05, 3.63) is 60.2 Å². The Morgan fingerprint density at radius 3 is 2.25 bits per heavy atom. The van der Waals surface area contributed by atoms with Crippen LogP contribution in [0.1, 0.15) is 25.3 Å². The van der Waals surface area contributed by atoms with Crippen LogP contribution in [0.5, 0.6) is 0 Å². The minimum atomic E-state index is -3.68. The van der Waals surface area contributed by atoms with Gasteiger partial charge < -0.3 is 5.32 Å². The van der Waals surface area contributed by atoms with Gasteiger partial charge in [0.15, 0.2) is 0 Å². The molecule has 0 aliphatic heterocycles. The maximum Gasteiger partial charge on any atom is 0.243 e. The van der Waals surface area contributed by atoms with Crippen LogP contribution in [0.25, 0.3) is 0 Å². The van der Waals surface area contributed by atoms with E-state index < -0.39 is 10.0 Å². The van der Waals surface area contributed by atoms with E-state index >= 15 is 0 Å². The highest BCUT2D eigenvalue weighted by molar-refractivity contribution is 7.89. The summed E-state index contributed by atoms with van der Waals surface area (Å²) in [6.07, 6.45) is 0. The van der Waals surface area contributed by atoms with Gasteiger partial charge in [-0.05, 0) is 29.7 Å². The van der Waals surface area contributed by atoms with Crippen LogP contribution in [0, 0.1) is 0 Å². The molecule has 0 aliphatic carbocycles. The zero-order chi connectivity index (χ0) is 17.7. The summed E-state index contributed by atoms with van der Waals surface area (Å²) >= 11 is 0. The molecule has 0 fully saturated rings. The quantitative estimate of drug-likeness (QED) is 0.874. The van der Waals surface area contributed by atoms with Crippen LogP contribution in [-0.4, -0.2) is 32.2 Å². The van der Waals surface area contributed by atoms with Crippen LogP contribution in [0.3, 0.4) is 0 Å². The monoisotopic (exact) mass is 346 g/mol. The van der Waals surface area contributed by atoms with Crippen LogP contribution < -0.4 is 5.32 Å². The zero-order valence-corrected chi connectivity index (χ0v) is 14.9. The van der Waals surface area contributed by atoms with Gasteiger partial charge in [-0.3, -0.25) is 4.79 Å². The molecule has 2 aromatic carbocycles. The second kappa shape index (κ2) is 7.59. The van der Waals surface area contributed by atoms with Gasteiger partial charge in [0.05, 0.1) is 11.4 Å². The fourth-order valence-electron chi connectivity index (χ4n) is 2.36. The topological polar surface area (TPSA) is 66.5 Å². The second-order valence-electron chi connectivity index (χ2n) is 5.86. The first-order chi connectivity index (χ1) is 11.3. The molecule has 2 aromatic rings. The molecule has 5 nitrogen and oxygen atoms in total. The number of para-hydroxylation sites is 1. The first-order valence-electron chi connectivity index (χ1n) is 7.72. The van der Waals surface area contributed by atoms with E-state index in [9.17, 15) is 13.2 Å². The number of hydrogen-bond acceptors (Lipinski definition) is 3. The van der Waals surface area contributed by atoms with Crippen molar-refractivity contribution in [1.82, 2.24) is 4.31 Å². The molecule has 0 unspecified atom stereocenters. The number of benzene rings is 2. The number of carbonyl (C=O) groups excluding carboxylic acids is 1. The molecule has 2 rings (SSSR count). The number of nitrogens with one attached hydrogen (secondary N) is 1. The highest BCUT2D eigenvalue weighted by Gasteiger charge is 2.23. The summed E-state index contributed by atoms with van der Waals surface area (Å²) in [5.74, 6) is -0.114. The van der Waals surface area contributed by atoms with E-state index in [-0.39, 0.29) is 23.3 Å². The van der Waals surface area contributed by atoms with E-state index in [1.165, 1.54) is 19.2 Å². The smallest absolute Gasteiger partial charge is 0.243 e. The van der Waals surface area contributed by atoms with Gasteiger partial charge in [0.25, 0.3) is 0 Å². The predicted molar refractivity (Wildman–Crippen MR) is 95.4 cm³/mol. The van der Waals surface area contributed by atoms with Crippen LogP contribution in [0.4, 0.5) is 5.69 Å². The molecule has 0 atom stereocenters. The van der Waals surface area contributed by atoms with Gasteiger partial charge >= 0.3 is 0 Å².